The van der Waals surface area contributed by atoms with E-state index in [4.69, 9.17) is 0 Å². The summed E-state index contributed by atoms with van der Waals surface area (Å²) in [5.74, 6) is 1.44. The van der Waals surface area contributed by atoms with Crippen LogP contribution in [-0.2, 0) is 0 Å². The molecule has 0 heterocycles. The molecule has 1 fully saturated rings. The summed E-state index contributed by atoms with van der Waals surface area (Å²) < 4.78 is 0. The van der Waals surface area contributed by atoms with Gasteiger partial charge in [0.25, 0.3) is 0 Å². The van der Waals surface area contributed by atoms with Crippen LogP contribution in [0.4, 0.5) is 0 Å². The van der Waals surface area contributed by atoms with E-state index < -0.39 is 0 Å². The lowest BCUT2D eigenvalue weighted by molar-refractivity contribution is 0.242. The first kappa shape index (κ1) is 25.4. The van der Waals surface area contributed by atoms with Crippen LogP contribution in [0.2, 0.25) is 0 Å². The maximum atomic E-state index is 4.56. The molecular weight excluding hydrogens is 340 g/mol. The fourth-order valence-electron chi connectivity index (χ4n) is 5.10. The molecule has 2 heteroatoms. The van der Waals surface area contributed by atoms with Gasteiger partial charge in [-0.15, -0.1) is 0 Å². The van der Waals surface area contributed by atoms with E-state index in [1.54, 1.807) is 0 Å². The van der Waals surface area contributed by atoms with Crippen molar-refractivity contribution in [1.82, 2.24) is 9.80 Å². The van der Waals surface area contributed by atoms with Gasteiger partial charge in [-0.1, -0.05) is 72.8 Å². The number of hydrogen-bond acceptors (Lipinski definition) is 2. The number of allylic oxidation sites excluding steroid dienone is 3. The molecule has 1 aliphatic rings. The van der Waals surface area contributed by atoms with Crippen molar-refractivity contribution in [2.75, 3.05) is 40.3 Å². The van der Waals surface area contributed by atoms with Gasteiger partial charge >= 0.3 is 0 Å². The Morgan fingerprint density at radius 2 is 1.71 bits per heavy atom. The summed E-state index contributed by atoms with van der Waals surface area (Å²) in [7, 11) is 4.46. The third-order valence-electron chi connectivity index (χ3n) is 8.28. The normalized spacial score (nSPS) is 29.1. The van der Waals surface area contributed by atoms with Crippen molar-refractivity contribution in [1.29, 1.82) is 0 Å². The van der Waals surface area contributed by atoms with E-state index in [2.05, 4.69) is 98.0 Å². The molecule has 0 aromatic heterocycles. The van der Waals surface area contributed by atoms with Gasteiger partial charge in [0.2, 0.25) is 0 Å². The third kappa shape index (κ3) is 5.95. The van der Waals surface area contributed by atoms with E-state index in [1.807, 2.05) is 0 Å². The summed E-state index contributed by atoms with van der Waals surface area (Å²) in [6, 6.07) is 0. The van der Waals surface area contributed by atoms with Crippen LogP contribution in [0, 0.1) is 28.1 Å². The first-order valence-electron chi connectivity index (χ1n) is 11.5. The molecule has 0 aliphatic heterocycles. The van der Waals surface area contributed by atoms with Crippen molar-refractivity contribution >= 4 is 0 Å². The van der Waals surface area contributed by atoms with E-state index >= 15 is 0 Å². The van der Waals surface area contributed by atoms with Crippen molar-refractivity contribution in [3.63, 3.8) is 0 Å². The Bertz CT molecular complexity index is 535. The Morgan fingerprint density at radius 3 is 2.25 bits per heavy atom. The van der Waals surface area contributed by atoms with Crippen LogP contribution in [0.15, 0.2) is 24.3 Å². The highest BCUT2D eigenvalue weighted by Crippen LogP contribution is 2.73. The van der Waals surface area contributed by atoms with E-state index in [9.17, 15) is 0 Å². The summed E-state index contributed by atoms with van der Waals surface area (Å²) in [5, 5.41) is 0. The highest BCUT2D eigenvalue weighted by molar-refractivity contribution is 5.26. The minimum absolute atomic E-state index is 0.201. The highest BCUT2D eigenvalue weighted by atomic mass is 15.2. The van der Waals surface area contributed by atoms with Gasteiger partial charge in [0.05, 0.1) is 0 Å². The lowest BCUT2D eigenvalue weighted by atomic mass is 9.71. The summed E-state index contributed by atoms with van der Waals surface area (Å²) in [4.78, 5) is 4.86. The van der Waals surface area contributed by atoms with Gasteiger partial charge in [-0.2, -0.15) is 0 Å². The number of rotatable bonds is 13. The fourth-order valence-corrected chi connectivity index (χ4v) is 5.10. The standard InChI is InChI=1S/C26H50N2/c1-12-15-25(8)23(5)26(25,9)20-24(6,7)22(4)19-21(3)14-16-28(11)18-17-27(10)13-2/h12,15,21,23H,4,13-14,16-20H2,1-3,5-11H3. The largest absolute Gasteiger partial charge is 0.305 e. The predicted molar refractivity (Wildman–Crippen MR) is 127 cm³/mol. The van der Waals surface area contributed by atoms with Crippen LogP contribution in [0.25, 0.3) is 0 Å². The van der Waals surface area contributed by atoms with Crippen LogP contribution in [-0.4, -0.2) is 50.1 Å². The zero-order valence-corrected chi connectivity index (χ0v) is 20.9. The predicted octanol–water partition coefficient (Wildman–Crippen LogP) is 6.50. The average molecular weight is 391 g/mol. The van der Waals surface area contributed by atoms with Crippen LogP contribution in [0.5, 0.6) is 0 Å². The van der Waals surface area contributed by atoms with Crippen LogP contribution < -0.4 is 0 Å². The molecule has 1 aliphatic carbocycles. The number of likely N-dealkylation sites (N-methyl/N-ethyl adjacent to an activating group) is 2. The second-order valence-electron chi connectivity index (χ2n) is 10.9. The van der Waals surface area contributed by atoms with E-state index in [0.29, 0.717) is 16.7 Å². The Hall–Kier alpha value is -0.600. The summed E-state index contributed by atoms with van der Waals surface area (Å²) in [5.41, 5.74) is 2.38. The van der Waals surface area contributed by atoms with E-state index in [-0.39, 0.29) is 5.41 Å². The molecule has 0 aromatic carbocycles. The monoisotopic (exact) mass is 390 g/mol. The molecule has 2 nitrogen and oxygen atoms in total. The Labute approximate surface area is 177 Å². The number of hydrogen-bond donors (Lipinski definition) is 0. The summed E-state index contributed by atoms with van der Waals surface area (Å²) in [6.07, 6.45) is 8.31. The van der Waals surface area contributed by atoms with Gasteiger partial charge in [-0.3, -0.25) is 0 Å². The minimum atomic E-state index is 0.201. The molecule has 0 amide bonds. The Balaban J connectivity index is 2.50. The molecule has 164 valence electrons. The van der Waals surface area contributed by atoms with Crippen molar-refractivity contribution < 1.29 is 0 Å². The van der Waals surface area contributed by atoms with Crippen LogP contribution in [0.3, 0.4) is 0 Å². The lowest BCUT2D eigenvalue weighted by Crippen LogP contribution is -2.32. The zero-order valence-electron chi connectivity index (χ0n) is 20.9. The SMILES string of the molecule is C=C(CC(C)CCN(C)CCN(C)CC)C(C)(C)CC1(C)C(C)C1(C)C=CC. The molecular formula is C26H50N2. The van der Waals surface area contributed by atoms with Crippen molar-refractivity contribution in [3.05, 3.63) is 24.3 Å². The Morgan fingerprint density at radius 1 is 1.14 bits per heavy atom. The van der Waals surface area contributed by atoms with Crippen molar-refractivity contribution in [2.24, 2.45) is 28.1 Å². The first-order chi connectivity index (χ1) is 12.8. The van der Waals surface area contributed by atoms with Gasteiger partial charge in [0.15, 0.2) is 0 Å². The highest BCUT2D eigenvalue weighted by Gasteiger charge is 2.67. The molecule has 0 spiro atoms. The molecule has 28 heavy (non-hydrogen) atoms. The second kappa shape index (κ2) is 9.94. The molecule has 0 saturated heterocycles. The van der Waals surface area contributed by atoms with Gasteiger partial charge in [-0.25, -0.2) is 0 Å². The van der Waals surface area contributed by atoms with Crippen LogP contribution >= 0.6 is 0 Å². The molecule has 0 aromatic rings. The fraction of sp³-hybridized carbons (Fsp3) is 0.846. The minimum Gasteiger partial charge on any atom is -0.305 e. The maximum absolute atomic E-state index is 4.56. The van der Waals surface area contributed by atoms with Gasteiger partial charge in [0.1, 0.15) is 0 Å². The zero-order chi connectivity index (χ0) is 21.8. The Kier molecular flexibility index (Phi) is 9.03. The van der Waals surface area contributed by atoms with E-state index in [0.717, 1.165) is 32.0 Å². The van der Waals surface area contributed by atoms with Crippen molar-refractivity contribution in [2.45, 2.75) is 74.7 Å². The van der Waals surface area contributed by atoms with Crippen molar-refractivity contribution in [3.8, 4) is 0 Å². The topological polar surface area (TPSA) is 6.48 Å². The quantitative estimate of drug-likeness (QED) is 0.331. The first-order valence-corrected chi connectivity index (χ1v) is 11.5. The molecule has 0 N–H and O–H groups in total. The molecule has 0 bridgehead atoms. The molecule has 0 radical (unpaired) electrons. The van der Waals surface area contributed by atoms with Gasteiger partial charge in [-0.05, 0) is 81.5 Å². The lowest BCUT2D eigenvalue weighted by Gasteiger charge is -2.34. The average Bonchev–Trinajstić information content (AvgIpc) is 3.01. The third-order valence-corrected chi connectivity index (χ3v) is 8.28. The van der Waals surface area contributed by atoms with Gasteiger partial charge < -0.3 is 9.80 Å². The second-order valence-corrected chi connectivity index (χ2v) is 10.9. The molecule has 4 unspecified atom stereocenters. The number of nitrogens with zero attached hydrogens (tertiary/aromatic N) is 2. The summed E-state index contributed by atoms with van der Waals surface area (Å²) >= 11 is 0. The smallest absolute Gasteiger partial charge is 0.0106 e. The maximum Gasteiger partial charge on any atom is 0.0106 e. The molecule has 1 saturated carbocycles. The van der Waals surface area contributed by atoms with Crippen LogP contribution in [0.1, 0.15) is 74.7 Å². The molecule has 1 rings (SSSR count). The van der Waals surface area contributed by atoms with E-state index in [1.165, 1.54) is 25.0 Å². The summed E-state index contributed by atoms with van der Waals surface area (Å²) in [6.45, 7) is 28.1. The molecule has 4 atom stereocenters. The van der Waals surface area contributed by atoms with Gasteiger partial charge in [0, 0.05) is 13.1 Å².